The Balaban J connectivity index is 1.83. The monoisotopic (exact) mass is 293 g/mol. The molecule has 0 aliphatic carbocycles. The number of hydrogen-bond acceptors (Lipinski definition) is 4. The van der Waals surface area contributed by atoms with Crippen LogP contribution in [0.1, 0.15) is 11.9 Å². The molecule has 1 aromatic carbocycles. The van der Waals surface area contributed by atoms with E-state index < -0.39 is 5.82 Å². The first kappa shape index (κ1) is 13.4. The van der Waals surface area contributed by atoms with Crippen LogP contribution in [0, 0.1) is 5.82 Å². The first-order valence-electron chi connectivity index (χ1n) is 6.34. The van der Waals surface area contributed by atoms with Crippen LogP contribution in [0.2, 0.25) is 5.02 Å². The molecule has 1 fully saturated rings. The zero-order valence-electron chi connectivity index (χ0n) is 10.6. The van der Waals surface area contributed by atoms with Gasteiger partial charge in [0.2, 0.25) is 0 Å². The largest absolute Gasteiger partial charge is 0.368 e. The number of hydrogen-bond donors (Lipinski definition) is 1. The summed E-state index contributed by atoms with van der Waals surface area (Å²) in [5.74, 6) is 0.212. The van der Waals surface area contributed by atoms with Gasteiger partial charge in [-0.2, -0.15) is 0 Å². The van der Waals surface area contributed by atoms with Crippen molar-refractivity contribution in [3.8, 4) is 11.1 Å². The molecular weight excluding hydrogens is 281 g/mol. The van der Waals surface area contributed by atoms with Crippen LogP contribution in [0.3, 0.4) is 0 Å². The maximum atomic E-state index is 13.1. The van der Waals surface area contributed by atoms with Crippen LogP contribution in [0.4, 0.5) is 4.39 Å². The summed E-state index contributed by atoms with van der Waals surface area (Å²) in [5.41, 5.74) is 1.57. The molecule has 1 atom stereocenters. The average molecular weight is 294 g/mol. The molecule has 2 heterocycles. The Morgan fingerprint density at radius 3 is 2.70 bits per heavy atom. The fourth-order valence-electron chi connectivity index (χ4n) is 2.06. The number of rotatable bonds is 2. The molecule has 0 bridgehead atoms. The lowest BCUT2D eigenvalue weighted by molar-refractivity contribution is 0.0221. The number of halogens is 2. The molecule has 1 aromatic heterocycles. The van der Waals surface area contributed by atoms with E-state index >= 15 is 0 Å². The van der Waals surface area contributed by atoms with E-state index in [-0.39, 0.29) is 11.1 Å². The van der Waals surface area contributed by atoms with E-state index in [1.165, 1.54) is 6.07 Å². The molecule has 1 aliphatic heterocycles. The van der Waals surface area contributed by atoms with Gasteiger partial charge in [-0.1, -0.05) is 17.7 Å². The second-order valence-electron chi connectivity index (χ2n) is 4.52. The van der Waals surface area contributed by atoms with Gasteiger partial charge in [0.1, 0.15) is 11.9 Å². The predicted octanol–water partition coefficient (Wildman–Crippen LogP) is 2.60. The van der Waals surface area contributed by atoms with Crippen molar-refractivity contribution in [1.29, 1.82) is 0 Å². The molecule has 0 spiro atoms. The van der Waals surface area contributed by atoms with Crippen molar-refractivity contribution in [2.75, 3.05) is 19.7 Å². The third-order valence-electron chi connectivity index (χ3n) is 3.14. The van der Waals surface area contributed by atoms with Gasteiger partial charge in [0, 0.05) is 31.0 Å². The van der Waals surface area contributed by atoms with Gasteiger partial charge in [-0.15, -0.1) is 0 Å². The Hall–Kier alpha value is -1.56. The maximum absolute atomic E-state index is 13.1. The van der Waals surface area contributed by atoms with Gasteiger partial charge in [0.15, 0.2) is 5.82 Å². The molecule has 1 saturated heterocycles. The van der Waals surface area contributed by atoms with Gasteiger partial charge in [0.25, 0.3) is 0 Å². The quantitative estimate of drug-likeness (QED) is 0.924. The number of nitrogens with one attached hydrogen (secondary N) is 1. The molecule has 1 N–H and O–H groups in total. The minimum Gasteiger partial charge on any atom is -0.368 e. The normalized spacial score (nSPS) is 19.0. The van der Waals surface area contributed by atoms with Crippen LogP contribution < -0.4 is 5.32 Å². The Bertz CT molecular complexity index is 600. The molecule has 2 aromatic rings. The molecule has 0 saturated carbocycles. The van der Waals surface area contributed by atoms with Crippen molar-refractivity contribution in [1.82, 2.24) is 15.3 Å². The van der Waals surface area contributed by atoms with Crippen LogP contribution in [-0.4, -0.2) is 29.7 Å². The molecule has 4 nitrogen and oxygen atoms in total. The zero-order chi connectivity index (χ0) is 13.9. The minimum absolute atomic E-state index is 0.0893. The Morgan fingerprint density at radius 1 is 1.25 bits per heavy atom. The Labute approximate surface area is 121 Å². The lowest BCUT2D eigenvalue weighted by Crippen LogP contribution is -2.34. The van der Waals surface area contributed by atoms with Gasteiger partial charge >= 0.3 is 0 Å². The van der Waals surface area contributed by atoms with E-state index in [0.717, 1.165) is 17.7 Å². The highest BCUT2D eigenvalue weighted by atomic mass is 35.5. The fourth-order valence-corrected chi connectivity index (χ4v) is 2.24. The number of benzene rings is 1. The smallest absolute Gasteiger partial charge is 0.158 e. The van der Waals surface area contributed by atoms with Gasteiger partial charge < -0.3 is 10.1 Å². The molecule has 0 amide bonds. The van der Waals surface area contributed by atoms with Crippen molar-refractivity contribution < 1.29 is 9.13 Å². The van der Waals surface area contributed by atoms with E-state index in [1.807, 2.05) is 0 Å². The van der Waals surface area contributed by atoms with Crippen LogP contribution in [-0.2, 0) is 4.74 Å². The van der Waals surface area contributed by atoms with Crippen molar-refractivity contribution in [2.45, 2.75) is 6.10 Å². The minimum atomic E-state index is -0.436. The topological polar surface area (TPSA) is 47.0 Å². The maximum Gasteiger partial charge on any atom is 0.158 e. The summed E-state index contributed by atoms with van der Waals surface area (Å²) in [6, 6.07) is 4.55. The molecule has 0 radical (unpaired) electrons. The molecule has 104 valence electrons. The van der Waals surface area contributed by atoms with Crippen LogP contribution in [0.25, 0.3) is 11.1 Å². The highest BCUT2D eigenvalue weighted by Gasteiger charge is 2.18. The second kappa shape index (κ2) is 5.83. The predicted molar refractivity (Wildman–Crippen MR) is 74.0 cm³/mol. The van der Waals surface area contributed by atoms with E-state index in [4.69, 9.17) is 16.3 Å². The summed E-state index contributed by atoms with van der Waals surface area (Å²) >= 11 is 5.77. The van der Waals surface area contributed by atoms with E-state index in [9.17, 15) is 4.39 Å². The molecule has 6 heteroatoms. The summed E-state index contributed by atoms with van der Waals surface area (Å²) in [7, 11) is 0. The van der Waals surface area contributed by atoms with Crippen molar-refractivity contribution in [2.24, 2.45) is 0 Å². The fraction of sp³-hybridized carbons (Fsp3) is 0.286. The number of nitrogens with zero attached hydrogens (tertiary/aromatic N) is 2. The third-order valence-corrected chi connectivity index (χ3v) is 3.43. The number of ether oxygens (including phenoxy) is 1. The van der Waals surface area contributed by atoms with Crippen LogP contribution in [0.5, 0.6) is 0 Å². The summed E-state index contributed by atoms with van der Waals surface area (Å²) < 4.78 is 18.7. The molecule has 1 aliphatic rings. The molecule has 3 rings (SSSR count). The summed E-state index contributed by atoms with van der Waals surface area (Å²) in [4.78, 5) is 8.64. The molecule has 1 unspecified atom stereocenters. The lowest BCUT2D eigenvalue weighted by atomic mass is 10.1. The first-order chi connectivity index (χ1) is 9.74. The van der Waals surface area contributed by atoms with Crippen LogP contribution >= 0.6 is 11.6 Å². The summed E-state index contributed by atoms with van der Waals surface area (Å²) in [6.45, 7) is 2.22. The standard InChI is InChI=1S/C14H13ClFN3O/c15-11-5-9(1-2-12(11)16)10-6-18-14(19-7-10)13-8-17-3-4-20-13/h1-2,5-7,13,17H,3-4,8H2. The second-order valence-corrected chi connectivity index (χ2v) is 4.93. The number of aromatic nitrogens is 2. The van der Waals surface area contributed by atoms with Crippen molar-refractivity contribution >= 4 is 11.6 Å². The highest BCUT2D eigenvalue weighted by molar-refractivity contribution is 6.31. The van der Waals surface area contributed by atoms with E-state index in [1.54, 1.807) is 24.5 Å². The SMILES string of the molecule is Fc1ccc(-c2cnc(C3CNCCO3)nc2)cc1Cl. The molecule has 20 heavy (non-hydrogen) atoms. The zero-order valence-corrected chi connectivity index (χ0v) is 11.4. The highest BCUT2D eigenvalue weighted by Crippen LogP contribution is 2.24. The van der Waals surface area contributed by atoms with Gasteiger partial charge in [-0.3, -0.25) is 0 Å². The van der Waals surface area contributed by atoms with Gasteiger partial charge in [-0.05, 0) is 17.7 Å². The molecular formula is C14H13ClFN3O. The summed E-state index contributed by atoms with van der Waals surface area (Å²) in [6.07, 6.45) is 3.28. The lowest BCUT2D eigenvalue weighted by Gasteiger charge is -2.22. The average Bonchev–Trinajstić information content (AvgIpc) is 2.51. The Morgan fingerprint density at radius 2 is 2.05 bits per heavy atom. The van der Waals surface area contributed by atoms with Crippen molar-refractivity contribution in [3.63, 3.8) is 0 Å². The van der Waals surface area contributed by atoms with Crippen molar-refractivity contribution in [3.05, 3.63) is 47.3 Å². The number of morpholine rings is 1. The van der Waals surface area contributed by atoms with Gasteiger partial charge in [-0.25, -0.2) is 14.4 Å². The Kier molecular flexibility index (Phi) is 3.91. The van der Waals surface area contributed by atoms with E-state index in [0.29, 0.717) is 19.0 Å². The van der Waals surface area contributed by atoms with Crippen LogP contribution in [0.15, 0.2) is 30.6 Å². The first-order valence-corrected chi connectivity index (χ1v) is 6.71. The van der Waals surface area contributed by atoms with Gasteiger partial charge in [0.05, 0.1) is 11.6 Å². The summed E-state index contributed by atoms with van der Waals surface area (Å²) in [5, 5.41) is 3.32. The third kappa shape index (κ3) is 2.80. The van der Waals surface area contributed by atoms with E-state index in [2.05, 4.69) is 15.3 Å².